The van der Waals surface area contributed by atoms with E-state index in [1.54, 1.807) is 30.0 Å². The summed E-state index contributed by atoms with van der Waals surface area (Å²) < 4.78 is 40.3. The van der Waals surface area contributed by atoms with Crippen LogP contribution in [-0.4, -0.2) is 70.6 Å². The minimum atomic E-state index is -4.40. The summed E-state index contributed by atoms with van der Waals surface area (Å²) in [6.07, 6.45) is -2.02. The highest BCUT2D eigenvalue weighted by atomic mass is 19.4. The summed E-state index contributed by atoms with van der Waals surface area (Å²) >= 11 is 0. The van der Waals surface area contributed by atoms with Crippen LogP contribution in [0.5, 0.6) is 0 Å². The van der Waals surface area contributed by atoms with Gasteiger partial charge in [0.05, 0.1) is 12.1 Å². The summed E-state index contributed by atoms with van der Waals surface area (Å²) in [5.41, 5.74) is 1.60. The lowest BCUT2D eigenvalue weighted by atomic mass is 9.86. The number of piperidine rings is 1. The number of benzene rings is 1. The zero-order valence-corrected chi connectivity index (χ0v) is 18.8. The third kappa shape index (κ3) is 4.69. The maximum Gasteiger partial charge on any atom is 0.416 e. The van der Waals surface area contributed by atoms with Gasteiger partial charge in [-0.1, -0.05) is 18.2 Å². The van der Waals surface area contributed by atoms with Gasteiger partial charge in [0.25, 0.3) is 5.91 Å². The van der Waals surface area contributed by atoms with Crippen molar-refractivity contribution in [2.45, 2.75) is 44.3 Å². The first-order chi connectivity index (χ1) is 15.7. The first-order valence-electron chi connectivity index (χ1n) is 11.1. The number of nitrogens with zero attached hydrogens (tertiary/aromatic N) is 4. The molecule has 3 heterocycles. The van der Waals surface area contributed by atoms with Crippen LogP contribution >= 0.6 is 0 Å². The van der Waals surface area contributed by atoms with Crippen molar-refractivity contribution < 1.29 is 22.8 Å². The molecule has 1 aromatic heterocycles. The van der Waals surface area contributed by atoms with Crippen LogP contribution < -0.4 is 0 Å². The van der Waals surface area contributed by atoms with E-state index in [9.17, 15) is 22.8 Å². The van der Waals surface area contributed by atoms with Crippen LogP contribution in [0.1, 0.15) is 58.1 Å². The molecule has 10 heteroatoms. The number of nitrogens with one attached hydrogen (secondary N) is 1. The van der Waals surface area contributed by atoms with Gasteiger partial charge in [0.1, 0.15) is 0 Å². The van der Waals surface area contributed by atoms with Crippen LogP contribution in [0.25, 0.3) is 0 Å². The molecular weight excluding hydrogens is 435 g/mol. The molecule has 0 atom stereocenters. The fourth-order valence-electron chi connectivity index (χ4n) is 4.77. The Balaban J connectivity index is 1.48. The lowest BCUT2D eigenvalue weighted by molar-refractivity contribution is -0.138. The standard InChI is InChI=1S/C23H28F3N5O2/c1-29(2)22(33)31-11-5-8-19-17(14-31)20(28-27-19)21(32)30-12-9-15(10-13-30)16-6-3-4-7-18(16)23(24,25)26/h3-4,6-7,15H,5,8-14H2,1-2H3,(H,27,28). The molecule has 3 amide bonds. The summed E-state index contributed by atoms with van der Waals surface area (Å²) in [6.45, 7) is 1.62. The SMILES string of the molecule is CN(C)C(=O)N1CCCc2[nH]nc(C(=O)N3CCC(c4ccccc4C(F)(F)F)CC3)c2C1. The molecule has 1 saturated heterocycles. The monoisotopic (exact) mass is 463 g/mol. The minimum Gasteiger partial charge on any atom is -0.337 e. The number of likely N-dealkylation sites (tertiary alicyclic amines) is 1. The first-order valence-corrected chi connectivity index (χ1v) is 11.1. The van der Waals surface area contributed by atoms with E-state index in [0.29, 0.717) is 56.7 Å². The van der Waals surface area contributed by atoms with Crippen LogP contribution in [0, 0.1) is 0 Å². The largest absolute Gasteiger partial charge is 0.416 e. The predicted octanol–water partition coefficient (Wildman–Crippen LogP) is 3.88. The molecule has 1 fully saturated rings. The number of fused-ring (bicyclic) bond motifs is 1. The molecule has 0 bridgehead atoms. The van der Waals surface area contributed by atoms with Gasteiger partial charge in [-0.05, 0) is 43.2 Å². The molecule has 2 aromatic rings. The maximum absolute atomic E-state index is 13.4. The van der Waals surface area contributed by atoms with Crippen molar-refractivity contribution in [3.63, 3.8) is 0 Å². The number of alkyl halides is 3. The number of rotatable bonds is 2. The number of carbonyl (C=O) groups is 2. The second-order valence-corrected chi connectivity index (χ2v) is 8.88. The van der Waals surface area contributed by atoms with E-state index in [1.807, 2.05) is 0 Å². The Kier molecular flexibility index (Phi) is 6.36. The number of aryl methyl sites for hydroxylation is 1. The van der Waals surface area contributed by atoms with Crippen molar-refractivity contribution in [2.75, 3.05) is 33.7 Å². The lowest BCUT2D eigenvalue weighted by Gasteiger charge is -2.33. The summed E-state index contributed by atoms with van der Waals surface area (Å²) in [6, 6.07) is 5.56. The van der Waals surface area contributed by atoms with Crippen LogP contribution in [0.4, 0.5) is 18.0 Å². The average molecular weight is 464 g/mol. The lowest BCUT2D eigenvalue weighted by Crippen LogP contribution is -2.40. The molecule has 7 nitrogen and oxygen atoms in total. The van der Waals surface area contributed by atoms with E-state index in [-0.39, 0.29) is 17.9 Å². The number of H-pyrrole nitrogens is 1. The minimum absolute atomic E-state index is 0.119. The molecule has 0 spiro atoms. The Morgan fingerprint density at radius 1 is 1.09 bits per heavy atom. The zero-order valence-electron chi connectivity index (χ0n) is 18.8. The number of aromatic nitrogens is 2. The van der Waals surface area contributed by atoms with E-state index in [0.717, 1.165) is 23.7 Å². The number of halogens is 3. The maximum atomic E-state index is 13.4. The molecule has 0 aliphatic carbocycles. The summed E-state index contributed by atoms with van der Waals surface area (Å²) in [4.78, 5) is 30.6. The van der Waals surface area contributed by atoms with Gasteiger partial charge < -0.3 is 14.7 Å². The molecular formula is C23H28F3N5O2. The summed E-state index contributed by atoms with van der Waals surface area (Å²) in [5.74, 6) is -0.495. The van der Waals surface area contributed by atoms with E-state index in [2.05, 4.69) is 10.2 Å². The van der Waals surface area contributed by atoms with Crippen molar-refractivity contribution in [3.05, 3.63) is 52.3 Å². The van der Waals surface area contributed by atoms with E-state index < -0.39 is 11.7 Å². The fraction of sp³-hybridized carbons (Fsp3) is 0.522. The number of amides is 3. The van der Waals surface area contributed by atoms with Gasteiger partial charge in [0.2, 0.25) is 0 Å². The number of urea groups is 1. The van der Waals surface area contributed by atoms with Crippen molar-refractivity contribution >= 4 is 11.9 Å². The van der Waals surface area contributed by atoms with Gasteiger partial charge in [0, 0.05) is 45.0 Å². The van der Waals surface area contributed by atoms with E-state index in [4.69, 9.17) is 0 Å². The van der Waals surface area contributed by atoms with E-state index in [1.165, 1.54) is 17.0 Å². The predicted molar refractivity (Wildman–Crippen MR) is 116 cm³/mol. The summed E-state index contributed by atoms with van der Waals surface area (Å²) in [7, 11) is 3.38. The molecule has 0 radical (unpaired) electrons. The Morgan fingerprint density at radius 3 is 2.45 bits per heavy atom. The van der Waals surface area contributed by atoms with Gasteiger partial charge in [-0.25, -0.2) is 4.79 Å². The topological polar surface area (TPSA) is 72.5 Å². The van der Waals surface area contributed by atoms with Gasteiger partial charge >= 0.3 is 12.2 Å². The van der Waals surface area contributed by atoms with Gasteiger partial charge in [-0.3, -0.25) is 9.89 Å². The molecule has 4 rings (SSSR count). The molecule has 1 aromatic carbocycles. The molecule has 2 aliphatic heterocycles. The number of carbonyl (C=O) groups excluding carboxylic acids is 2. The van der Waals surface area contributed by atoms with Crippen LogP contribution in [0.2, 0.25) is 0 Å². The van der Waals surface area contributed by atoms with Crippen molar-refractivity contribution in [2.24, 2.45) is 0 Å². The Morgan fingerprint density at radius 2 is 1.79 bits per heavy atom. The molecule has 178 valence electrons. The highest BCUT2D eigenvalue weighted by Gasteiger charge is 2.37. The Hall–Kier alpha value is -3.04. The zero-order chi connectivity index (χ0) is 23.8. The average Bonchev–Trinajstić information content (AvgIpc) is 3.07. The number of aromatic amines is 1. The van der Waals surface area contributed by atoms with Crippen LogP contribution in [0.3, 0.4) is 0 Å². The van der Waals surface area contributed by atoms with Crippen molar-refractivity contribution in [1.29, 1.82) is 0 Å². The number of hydrogen-bond acceptors (Lipinski definition) is 3. The van der Waals surface area contributed by atoms with Crippen molar-refractivity contribution in [3.8, 4) is 0 Å². The Bertz CT molecular complexity index is 1030. The van der Waals surface area contributed by atoms with Gasteiger partial charge in [-0.2, -0.15) is 18.3 Å². The number of hydrogen-bond donors (Lipinski definition) is 1. The third-order valence-corrected chi connectivity index (χ3v) is 6.50. The van der Waals surface area contributed by atoms with Crippen LogP contribution in [-0.2, 0) is 19.1 Å². The fourth-order valence-corrected chi connectivity index (χ4v) is 4.77. The molecule has 33 heavy (non-hydrogen) atoms. The highest BCUT2D eigenvalue weighted by Crippen LogP contribution is 2.38. The second kappa shape index (κ2) is 9.07. The normalized spacial score (nSPS) is 17.5. The third-order valence-electron chi connectivity index (χ3n) is 6.50. The smallest absolute Gasteiger partial charge is 0.337 e. The molecule has 0 unspecified atom stereocenters. The second-order valence-electron chi connectivity index (χ2n) is 8.88. The van der Waals surface area contributed by atoms with Crippen LogP contribution in [0.15, 0.2) is 24.3 Å². The van der Waals surface area contributed by atoms with E-state index >= 15 is 0 Å². The molecule has 2 aliphatic rings. The van der Waals surface area contributed by atoms with Crippen molar-refractivity contribution in [1.82, 2.24) is 24.9 Å². The quantitative estimate of drug-likeness (QED) is 0.735. The Labute approximate surface area is 190 Å². The first kappa shape index (κ1) is 23.1. The molecule has 1 N–H and O–H groups in total. The molecule has 0 saturated carbocycles. The highest BCUT2D eigenvalue weighted by molar-refractivity contribution is 5.94. The van der Waals surface area contributed by atoms with Gasteiger partial charge in [0.15, 0.2) is 5.69 Å². The van der Waals surface area contributed by atoms with Gasteiger partial charge in [-0.15, -0.1) is 0 Å². The summed E-state index contributed by atoms with van der Waals surface area (Å²) in [5, 5.41) is 7.22.